The first kappa shape index (κ1) is 23.0. The Morgan fingerprint density at radius 3 is 2.28 bits per heavy atom. The molecule has 2 aliphatic rings. The van der Waals surface area contributed by atoms with Crippen LogP contribution in [0.2, 0.25) is 5.02 Å². The normalized spacial score (nSPS) is 20.1. The van der Waals surface area contributed by atoms with Crippen molar-refractivity contribution in [3.63, 3.8) is 0 Å². The summed E-state index contributed by atoms with van der Waals surface area (Å²) in [7, 11) is -3.75. The van der Waals surface area contributed by atoms with Gasteiger partial charge in [-0.15, -0.1) is 0 Å². The van der Waals surface area contributed by atoms with Crippen LogP contribution in [-0.2, 0) is 14.8 Å². The summed E-state index contributed by atoms with van der Waals surface area (Å²) in [5.41, 5.74) is 2.48. The molecule has 0 aliphatic carbocycles. The highest BCUT2D eigenvalue weighted by Crippen LogP contribution is 2.31. The van der Waals surface area contributed by atoms with Gasteiger partial charge < -0.3 is 9.80 Å². The fourth-order valence-corrected chi connectivity index (χ4v) is 7.07. The smallest absolute Gasteiger partial charge is 0.244 e. The second kappa shape index (κ2) is 9.00. The van der Waals surface area contributed by atoms with Crippen molar-refractivity contribution >= 4 is 33.3 Å². The molecule has 0 spiro atoms. The quantitative estimate of drug-likeness (QED) is 0.677. The molecule has 0 radical (unpaired) electrons. The molecule has 4 rings (SSSR count). The number of hydrogen-bond acceptors (Lipinski definition) is 5. The number of amides is 1. The van der Waals surface area contributed by atoms with Crippen LogP contribution in [0, 0.1) is 20.8 Å². The summed E-state index contributed by atoms with van der Waals surface area (Å²) in [6, 6.07) is 6.81. The number of halogens is 1. The molecule has 0 bridgehead atoms. The van der Waals surface area contributed by atoms with E-state index in [1.54, 1.807) is 17.2 Å². The largest absolute Gasteiger partial charge is 0.353 e. The first-order valence-corrected chi connectivity index (χ1v) is 12.8. The summed E-state index contributed by atoms with van der Waals surface area (Å²) in [5.74, 6) is 0.731. The molecule has 32 heavy (non-hydrogen) atoms. The molecular formula is C23H29ClN4O3S. The first-order valence-electron chi connectivity index (χ1n) is 10.9. The number of benzene rings is 1. The molecule has 2 fully saturated rings. The molecule has 172 valence electrons. The Kier molecular flexibility index (Phi) is 6.47. The van der Waals surface area contributed by atoms with Crippen molar-refractivity contribution in [3.05, 3.63) is 52.2 Å². The average Bonchev–Trinajstić information content (AvgIpc) is 3.24. The van der Waals surface area contributed by atoms with E-state index >= 15 is 0 Å². The van der Waals surface area contributed by atoms with E-state index < -0.39 is 16.1 Å². The van der Waals surface area contributed by atoms with E-state index in [0.717, 1.165) is 22.5 Å². The third-order valence-electron chi connectivity index (χ3n) is 6.29. The summed E-state index contributed by atoms with van der Waals surface area (Å²) in [6.07, 6.45) is 2.86. The Morgan fingerprint density at radius 1 is 1.03 bits per heavy atom. The molecule has 0 saturated carbocycles. The van der Waals surface area contributed by atoms with Gasteiger partial charge in [0, 0.05) is 38.9 Å². The van der Waals surface area contributed by atoms with Gasteiger partial charge in [0.05, 0.1) is 9.92 Å². The number of aryl methyl sites for hydroxylation is 3. The molecule has 2 saturated heterocycles. The fourth-order valence-electron chi connectivity index (χ4n) is 4.89. The molecule has 9 heteroatoms. The zero-order chi connectivity index (χ0) is 23.0. The van der Waals surface area contributed by atoms with Crippen molar-refractivity contribution < 1.29 is 13.2 Å². The van der Waals surface area contributed by atoms with Crippen LogP contribution in [0.15, 0.2) is 35.4 Å². The minimum Gasteiger partial charge on any atom is -0.353 e. The summed E-state index contributed by atoms with van der Waals surface area (Å²) in [6.45, 7) is 8.35. The van der Waals surface area contributed by atoms with Crippen LogP contribution >= 0.6 is 11.6 Å². The molecule has 1 aromatic heterocycles. The lowest BCUT2D eigenvalue weighted by Gasteiger charge is -2.37. The summed E-state index contributed by atoms with van der Waals surface area (Å²) in [5, 5.41) is 0.587. The highest BCUT2D eigenvalue weighted by Gasteiger charge is 2.42. The zero-order valence-corrected chi connectivity index (χ0v) is 20.3. The molecule has 3 heterocycles. The number of piperazine rings is 1. The van der Waals surface area contributed by atoms with E-state index in [2.05, 4.69) is 9.88 Å². The van der Waals surface area contributed by atoms with Crippen molar-refractivity contribution in [2.75, 3.05) is 37.6 Å². The molecule has 2 aromatic rings. The Bertz CT molecular complexity index is 1090. The molecule has 2 aliphatic heterocycles. The second-order valence-electron chi connectivity index (χ2n) is 8.65. The second-order valence-corrected chi connectivity index (χ2v) is 10.9. The van der Waals surface area contributed by atoms with Crippen molar-refractivity contribution in [1.29, 1.82) is 0 Å². The minimum absolute atomic E-state index is 0.0998. The van der Waals surface area contributed by atoms with Crippen LogP contribution in [0.1, 0.15) is 29.5 Å². The van der Waals surface area contributed by atoms with E-state index in [-0.39, 0.29) is 5.91 Å². The van der Waals surface area contributed by atoms with Gasteiger partial charge >= 0.3 is 0 Å². The number of rotatable bonds is 4. The SMILES string of the molecule is Cc1cc(C)c(S(=O)(=O)N2CCCC2C(=O)N2CCN(c3ccc(Cl)cn3)CC2)c(C)c1. The number of aromatic nitrogens is 1. The third kappa shape index (κ3) is 4.36. The maximum atomic E-state index is 13.6. The monoisotopic (exact) mass is 476 g/mol. The lowest BCUT2D eigenvalue weighted by Crippen LogP contribution is -2.54. The molecule has 1 amide bonds. The molecule has 1 aromatic carbocycles. The Morgan fingerprint density at radius 2 is 1.69 bits per heavy atom. The van der Waals surface area contributed by atoms with Crippen LogP contribution < -0.4 is 4.90 Å². The lowest BCUT2D eigenvalue weighted by molar-refractivity contribution is -0.134. The molecule has 7 nitrogen and oxygen atoms in total. The first-order chi connectivity index (χ1) is 15.2. The zero-order valence-electron chi connectivity index (χ0n) is 18.7. The predicted octanol–water partition coefficient (Wildman–Crippen LogP) is 3.16. The Hall–Kier alpha value is -2.16. The minimum atomic E-state index is -3.75. The summed E-state index contributed by atoms with van der Waals surface area (Å²) < 4.78 is 28.6. The highest BCUT2D eigenvalue weighted by atomic mass is 35.5. The third-order valence-corrected chi connectivity index (χ3v) is 8.73. The Balaban J connectivity index is 1.49. The van der Waals surface area contributed by atoms with E-state index in [4.69, 9.17) is 11.6 Å². The highest BCUT2D eigenvalue weighted by molar-refractivity contribution is 7.89. The van der Waals surface area contributed by atoms with Gasteiger partial charge in [-0.25, -0.2) is 13.4 Å². The van der Waals surface area contributed by atoms with Crippen LogP contribution in [0.3, 0.4) is 0 Å². The van der Waals surface area contributed by atoms with E-state index in [0.29, 0.717) is 55.5 Å². The van der Waals surface area contributed by atoms with Gasteiger partial charge in [0.2, 0.25) is 15.9 Å². The molecule has 1 unspecified atom stereocenters. The maximum Gasteiger partial charge on any atom is 0.244 e. The van der Waals surface area contributed by atoms with Crippen molar-refractivity contribution in [2.24, 2.45) is 0 Å². The van der Waals surface area contributed by atoms with Gasteiger partial charge in [-0.05, 0) is 56.9 Å². The van der Waals surface area contributed by atoms with Crippen molar-refractivity contribution in [2.45, 2.75) is 44.6 Å². The van der Waals surface area contributed by atoms with Gasteiger partial charge in [-0.3, -0.25) is 4.79 Å². The standard InChI is InChI=1S/C23H29ClN4O3S/c1-16-13-17(2)22(18(3)14-16)32(30,31)28-8-4-5-20(28)23(29)27-11-9-26(10-12-27)21-7-6-19(24)15-25-21/h6-7,13-15,20H,4-5,8-12H2,1-3H3. The van der Waals surface area contributed by atoms with Crippen molar-refractivity contribution in [1.82, 2.24) is 14.2 Å². The van der Waals surface area contributed by atoms with E-state index in [1.807, 2.05) is 39.0 Å². The van der Waals surface area contributed by atoms with Crippen LogP contribution in [0.4, 0.5) is 5.82 Å². The van der Waals surface area contributed by atoms with Gasteiger partial charge in [0.25, 0.3) is 0 Å². The van der Waals surface area contributed by atoms with E-state index in [1.165, 1.54) is 4.31 Å². The fraction of sp³-hybridized carbons (Fsp3) is 0.478. The average molecular weight is 477 g/mol. The predicted molar refractivity (Wildman–Crippen MR) is 126 cm³/mol. The van der Waals surface area contributed by atoms with Crippen LogP contribution in [-0.4, -0.2) is 67.3 Å². The van der Waals surface area contributed by atoms with Gasteiger partial charge in [0.1, 0.15) is 11.9 Å². The summed E-state index contributed by atoms with van der Waals surface area (Å²) in [4.78, 5) is 22.0. The number of carbonyl (C=O) groups excluding carboxylic acids is 1. The van der Waals surface area contributed by atoms with Crippen LogP contribution in [0.25, 0.3) is 0 Å². The van der Waals surface area contributed by atoms with Gasteiger partial charge in [0.15, 0.2) is 0 Å². The number of sulfonamides is 1. The number of anilines is 1. The van der Waals surface area contributed by atoms with Gasteiger partial charge in [-0.1, -0.05) is 29.3 Å². The van der Waals surface area contributed by atoms with E-state index in [9.17, 15) is 13.2 Å². The maximum absolute atomic E-state index is 13.6. The number of hydrogen-bond donors (Lipinski definition) is 0. The van der Waals surface area contributed by atoms with Crippen molar-refractivity contribution in [3.8, 4) is 0 Å². The van der Waals surface area contributed by atoms with Crippen LogP contribution in [0.5, 0.6) is 0 Å². The Labute approximate surface area is 195 Å². The number of carbonyl (C=O) groups is 1. The lowest BCUT2D eigenvalue weighted by atomic mass is 10.1. The topological polar surface area (TPSA) is 73.8 Å². The van der Waals surface area contributed by atoms with Gasteiger partial charge in [-0.2, -0.15) is 4.31 Å². The summed E-state index contributed by atoms with van der Waals surface area (Å²) >= 11 is 5.92. The number of pyridine rings is 1. The molecular weight excluding hydrogens is 448 g/mol. The number of nitrogens with zero attached hydrogens (tertiary/aromatic N) is 4. The molecule has 1 atom stereocenters. The molecule has 0 N–H and O–H groups in total.